The number of esters is 1. The molecule has 32 heavy (non-hydrogen) atoms. The van der Waals surface area contributed by atoms with E-state index in [0.717, 1.165) is 17.1 Å². The second-order valence-electron chi connectivity index (χ2n) is 7.23. The first-order valence-electron chi connectivity index (χ1n) is 10.2. The summed E-state index contributed by atoms with van der Waals surface area (Å²) in [6.45, 7) is 5.31. The van der Waals surface area contributed by atoms with E-state index in [2.05, 4.69) is 14.5 Å². The number of nitrogens with zero attached hydrogens (tertiary/aromatic N) is 4. The van der Waals surface area contributed by atoms with Gasteiger partial charge in [-0.25, -0.2) is 4.79 Å². The van der Waals surface area contributed by atoms with Gasteiger partial charge < -0.3 is 14.0 Å². The van der Waals surface area contributed by atoms with Crippen LogP contribution in [0, 0.1) is 0 Å². The summed E-state index contributed by atoms with van der Waals surface area (Å²) in [5, 5.41) is 3.85. The van der Waals surface area contributed by atoms with E-state index < -0.39 is 16.2 Å². The van der Waals surface area contributed by atoms with Gasteiger partial charge in [-0.15, -0.1) is 4.40 Å². The van der Waals surface area contributed by atoms with Crippen molar-refractivity contribution in [3.8, 4) is 5.75 Å². The standard InChI is InChI=1S/C21H26N4O6S/c1-5-16(6-2)20-22-19(23-31-20)13-30-21(26)18-12-25(32(27,28)24-14(18)3)11-15-7-9-17(29-4)10-8-15/h7-10,12,16H,5-6,11,13H2,1-4H3. The normalized spacial score (nSPS) is 15.3. The van der Waals surface area contributed by atoms with Crippen LogP contribution in [-0.2, 0) is 32.9 Å². The molecule has 2 aromatic rings. The first-order valence-corrected chi connectivity index (χ1v) is 11.6. The van der Waals surface area contributed by atoms with Crippen molar-refractivity contribution < 1.29 is 27.2 Å². The zero-order valence-corrected chi connectivity index (χ0v) is 19.3. The molecule has 0 radical (unpaired) electrons. The largest absolute Gasteiger partial charge is 0.497 e. The Morgan fingerprint density at radius 1 is 1.19 bits per heavy atom. The van der Waals surface area contributed by atoms with Crippen LogP contribution in [0.2, 0.25) is 0 Å². The third-order valence-electron chi connectivity index (χ3n) is 5.08. The van der Waals surface area contributed by atoms with Crippen molar-refractivity contribution in [3.63, 3.8) is 0 Å². The number of hydrogen-bond acceptors (Lipinski definition) is 8. The molecular formula is C21H26N4O6S. The minimum absolute atomic E-state index is 0.00349. The minimum Gasteiger partial charge on any atom is -0.497 e. The highest BCUT2D eigenvalue weighted by Gasteiger charge is 2.29. The highest BCUT2D eigenvalue weighted by atomic mass is 32.2. The number of rotatable bonds is 9. The van der Waals surface area contributed by atoms with Gasteiger partial charge in [0.15, 0.2) is 6.61 Å². The van der Waals surface area contributed by atoms with Crippen molar-refractivity contribution in [2.24, 2.45) is 4.40 Å². The Hall–Kier alpha value is -3.21. The molecule has 0 N–H and O–H groups in total. The van der Waals surface area contributed by atoms with E-state index >= 15 is 0 Å². The maximum atomic E-state index is 12.6. The van der Waals surface area contributed by atoms with Crippen LogP contribution in [0.3, 0.4) is 0 Å². The maximum absolute atomic E-state index is 12.6. The number of carbonyl (C=O) groups excluding carboxylic acids is 1. The molecule has 172 valence electrons. The second-order valence-corrected chi connectivity index (χ2v) is 8.78. The van der Waals surface area contributed by atoms with Gasteiger partial charge in [0.25, 0.3) is 0 Å². The van der Waals surface area contributed by atoms with Crippen molar-refractivity contribution in [1.29, 1.82) is 0 Å². The van der Waals surface area contributed by atoms with Gasteiger partial charge in [0.1, 0.15) is 5.75 Å². The number of aromatic nitrogens is 2. The fourth-order valence-electron chi connectivity index (χ4n) is 3.15. The zero-order chi connectivity index (χ0) is 23.3. The Balaban J connectivity index is 1.72. The van der Waals surface area contributed by atoms with E-state index in [1.807, 2.05) is 13.8 Å². The number of ether oxygens (including phenoxy) is 2. The topological polar surface area (TPSA) is 124 Å². The SMILES string of the molecule is CCC(CC)c1nc(COC(=O)C2=CN(Cc3ccc(OC)cc3)S(=O)(=O)N=C2C)no1. The van der Waals surface area contributed by atoms with Gasteiger partial charge in [-0.3, -0.25) is 4.31 Å². The molecule has 3 rings (SSSR count). The third kappa shape index (κ3) is 5.34. The van der Waals surface area contributed by atoms with Crippen LogP contribution in [-0.4, -0.2) is 41.7 Å². The quantitative estimate of drug-likeness (QED) is 0.521. The molecule has 0 amide bonds. The summed E-state index contributed by atoms with van der Waals surface area (Å²) in [4.78, 5) is 16.9. The molecule has 1 aliphatic rings. The molecule has 1 aromatic carbocycles. The Kier molecular flexibility index (Phi) is 7.29. The smallest absolute Gasteiger partial charge is 0.344 e. The fourth-order valence-corrected chi connectivity index (χ4v) is 4.26. The summed E-state index contributed by atoms with van der Waals surface area (Å²) in [6, 6.07) is 6.92. The van der Waals surface area contributed by atoms with Crippen LogP contribution in [0.5, 0.6) is 5.75 Å². The van der Waals surface area contributed by atoms with Crippen LogP contribution >= 0.6 is 0 Å². The highest BCUT2D eigenvalue weighted by molar-refractivity contribution is 7.88. The van der Waals surface area contributed by atoms with Crippen LogP contribution in [0.1, 0.15) is 56.8 Å². The number of benzene rings is 1. The molecule has 0 fully saturated rings. The Labute approximate surface area is 187 Å². The first kappa shape index (κ1) is 23.5. The lowest BCUT2D eigenvalue weighted by molar-refractivity contribution is -0.140. The molecular weight excluding hydrogens is 436 g/mol. The van der Waals surface area contributed by atoms with Gasteiger partial charge in [-0.2, -0.15) is 13.4 Å². The molecule has 10 nitrogen and oxygen atoms in total. The molecule has 0 spiro atoms. The van der Waals surface area contributed by atoms with E-state index in [1.54, 1.807) is 31.4 Å². The lowest BCUT2D eigenvalue weighted by atomic mass is 10.0. The van der Waals surface area contributed by atoms with Crippen LogP contribution in [0.4, 0.5) is 0 Å². The maximum Gasteiger partial charge on any atom is 0.344 e. The number of hydrogen-bond donors (Lipinski definition) is 0. The molecule has 0 saturated carbocycles. The first-order chi connectivity index (χ1) is 15.3. The van der Waals surface area contributed by atoms with Crippen LogP contribution in [0.15, 0.2) is 45.0 Å². The van der Waals surface area contributed by atoms with Gasteiger partial charge in [-0.1, -0.05) is 31.1 Å². The van der Waals surface area contributed by atoms with Crippen molar-refractivity contribution in [2.45, 2.75) is 52.7 Å². The van der Waals surface area contributed by atoms with Gasteiger partial charge in [0.05, 0.1) is 24.9 Å². The molecule has 0 bridgehead atoms. The molecule has 1 aliphatic heterocycles. The van der Waals surface area contributed by atoms with E-state index in [1.165, 1.54) is 13.1 Å². The molecule has 0 atom stereocenters. The van der Waals surface area contributed by atoms with Crippen molar-refractivity contribution >= 4 is 21.9 Å². The van der Waals surface area contributed by atoms with Gasteiger partial charge >= 0.3 is 16.2 Å². The van der Waals surface area contributed by atoms with Crippen molar-refractivity contribution in [3.05, 3.63) is 53.3 Å². The lowest BCUT2D eigenvalue weighted by Crippen LogP contribution is -2.31. The monoisotopic (exact) mass is 462 g/mol. The molecule has 1 aromatic heterocycles. The van der Waals surface area contributed by atoms with E-state index in [-0.39, 0.29) is 36.2 Å². The highest BCUT2D eigenvalue weighted by Crippen LogP contribution is 2.23. The minimum atomic E-state index is -3.97. The fraction of sp³-hybridized carbons (Fsp3) is 0.429. The number of carbonyl (C=O) groups is 1. The molecule has 0 unspecified atom stereocenters. The predicted octanol–water partition coefficient (Wildman–Crippen LogP) is 3.13. The Bertz CT molecular complexity index is 1120. The summed E-state index contributed by atoms with van der Waals surface area (Å²) < 4.78 is 45.3. The lowest BCUT2D eigenvalue weighted by Gasteiger charge is -2.23. The third-order valence-corrected chi connectivity index (χ3v) is 6.41. The summed E-state index contributed by atoms with van der Waals surface area (Å²) in [6.07, 6.45) is 2.95. The Morgan fingerprint density at radius 3 is 2.50 bits per heavy atom. The number of methoxy groups -OCH3 is 1. The summed E-state index contributed by atoms with van der Waals surface area (Å²) in [5.74, 6) is 0.827. The predicted molar refractivity (Wildman–Crippen MR) is 116 cm³/mol. The van der Waals surface area contributed by atoms with E-state index in [0.29, 0.717) is 17.2 Å². The van der Waals surface area contributed by atoms with Gasteiger partial charge in [0.2, 0.25) is 11.7 Å². The van der Waals surface area contributed by atoms with Gasteiger partial charge in [0, 0.05) is 12.1 Å². The van der Waals surface area contributed by atoms with Crippen molar-refractivity contribution in [2.75, 3.05) is 7.11 Å². The molecule has 0 saturated heterocycles. The van der Waals surface area contributed by atoms with E-state index in [9.17, 15) is 13.2 Å². The molecule has 11 heteroatoms. The van der Waals surface area contributed by atoms with Crippen LogP contribution < -0.4 is 4.74 Å². The van der Waals surface area contributed by atoms with Gasteiger partial charge in [-0.05, 0) is 37.5 Å². The summed E-state index contributed by atoms with van der Waals surface area (Å²) in [5.41, 5.74) is 0.790. The summed E-state index contributed by atoms with van der Waals surface area (Å²) in [7, 11) is -2.42. The summed E-state index contributed by atoms with van der Waals surface area (Å²) >= 11 is 0. The molecule has 0 aliphatic carbocycles. The molecule has 2 heterocycles. The van der Waals surface area contributed by atoms with E-state index in [4.69, 9.17) is 14.0 Å². The van der Waals surface area contributed by atoms with Crippen molar-refractivity contribution in [1.82, 2.24) is 14.4 Å². The zero-order valence-electron chi connectivity index (χ0n) is 18.4. The second kappa shape index (κ2) is 9.94. The average molecular weight is 463 g/mol. The average Bonchev–Trinajstić information content (AvgIpc) is 3.23. The van der Waals surface area contributed by atoms with Crippen LogP contribution in [0.25, 0.3) is 0 Å². The Morgan fingerprint density at radius 2 is 1.88 bits per heavy atom.